The third kappa shape index (κ3) is 2.93. The zero-order valence-electron chi connectivity index (χ0n) is 11.4. The molecule has 0 aromatic heterocycles. The molecule has 0 amide bonds. The van der Waals surface area contributed by atoms with Crippen LogP contribution in [0.4, 0.5) is 15.8 Å². The molecule has 104 valence electrons. The molecule has 0 aliphatic heterocycles. The summed E-state index contributed by atoms with van der Waals surface area (Å²) in [6.45, 7) is 0. The molecule has 2 nitrogen and oxygen atoms in total. The summed E-state index contributed by atoms with van der Waals surface area (Å²) in [7, 11) is 0. The van der Waals surface area contributed by atoms with Gasteiger partial charge in [-0.05, 0) is 47.5 Å². The quantitative estimate of drug-likeness (QED) is 0.564. The predicted molar refractivity (Wildman–Crippen MR) is 84.6 cm³/mol. The van der Waals surface area contributed by atoms with E-state index in [1.807, 2.05) is 42.5 Å². The van der Waals surface area contributed by atoms with Gasteiger partial charge in [0, 0.05) is 0 Å². The van der Waals surface area contributed by atoms with Gasteiger partial charge in [-0.3, -0.25) is 5.01 Å². The molecule has 0 atom stereocenters. The van der Waals surface area contributed by atoms with Gasteiger partial charge < -0.3 is 0 Å². The summed E-state index contributed by atoms with van der Waals surface area (Å²) in [5.74, 6) is 5.79. The SMILES string of the molecule is NN(c1ccc(F)cc1)c1ccc(-c2ccccc2)cc1. The van der Waals surface area contributed by atoms with Gasteiger partial charge >= 0.3 is 0 Å². The highest BCUT2D eigenvalue weighted by Crippen LogP contribution is 2.25. The Balaban J connectivity index is 1.85. The van der Waals surface area contributed by atoms with Gasteiger partial charge in [0.05, 0.1) is 11.4 Å². The fourth-order valence-corrected chi connectivity index (χ4v) is 2.20. The standard InChI is InChI=1S/C18H15FN2/c19-16-8-12-18(13-9-16)21(20)17-10-6-15(7-11-17)14-4-2-1-3-5-14/h1-13H,20H2. The summed E-state index contributed by atoms with van der Waals surface area (Å²) < 4.78 is 12.9. The summed E-state index contributed by atoms with van der Waals surface area (Å²) in [5.41, 5.74) is 3.88. The number of hydrogen-bond donors (Lipinski definition) is 1. The molecular weight excluding hydrogens is 263 g/mol. The van der Waals surface area contributed by atoms with Crippen LogP contribution in [0.1, 0.15) is 0 Å². The molecule has 3 aromatic carbocycles. The lowest BCUT2D eigenvalue weighted by Gasteiger charge is -2.19. The highest BCUT2D eigenvalue weighted by Gasteiger charge is 2.05. The Morgan fingerprint density at radius 1 is 0.619 bits per heavy atom. The van der Waals surface area contributed by atoms with Crippen molar-refractivity contribution in [3.8, 4) is 11.1 Å². The van der Waals surface area contributed by atoms with Crippen molar-refractivity contribution < 1.29 is 4.39 Å². The van der Waals surface area contributed by atoms with Crippen LogP contribution in [0.3, 0.4) is 0 Å². The molecule has 0 bridgehead atoms. The molecule has 3 heteroatoms. The Bertz CT molecular complexity index is 706. The minimum Gasteiger partial charge on any atom is -0.280 e. The first-order valence-electron chi connectivity index (χ1n) is 6.70. The van der Waals surface area contributed by atoms with Crippen molar-refractivity contribution in [1.82, 2.24) is 0 Å². The largest absolute Gasteiger partial charge is 0.280 e. The smallest absolute Gasteiger partial charge is 0.123 e. The van der Waals surface area contributed by atoms with E-state index < -0.39 is 0 Å². The molecule has 0 spiro atoms. The first-order valence-corrected chi connectivity index (χ1v) is 6.70. The normalized spacial score (nSPS) is 10.4. The van der Waals surface area contributed by atoms with Crippen LogP contribution < -0.4 is 10.9 Å². The molecule has 0 radical (unpaired) electrons. The Kier molecular flexibility index (Phi) is 3.67. The lowest BCUT2D eigenvalue weighted by molar-refractivity contribution is 0.628. The molecule has 0 saturated carbocycles. The minimum atomic E-state index is -0.272. The van der Waals surface area contributed by atoms with Crippen molar-refractivity contribution in [3.05, 3.63) is 84.7 Å². The van der Waals surface area contributed by atoms with Gasteiger partial charge in [-0.1, -0.05) is 42.5 Å². The van der Waals surface area contributed by atoms with Crippen LogP contribution >= 0.6 is 0 Å². The van der Waals surface area contributed by atoms with Crippen molar-refractivity contribution in [2.24, 2.45) is 5.84 Å². The summed E-state index contributed by atoms with van der Waals surface area (Å²) >= 11 is 0. The second-order valence-electron chi connectivity index (χ2n) is 4.76. The summed E-state index contributed by atoms with van der Waals surface area (Å²) in [6, 6.07) is 24.2. The Morgan fingerprint density at radius 2 is 1.10 bits per heavy atom. The van der Waals surface area contributed by atoms with Crippen molar-refractivity contribution in [1.29, 1.82) is 0 Å². The zero-order chi connectivity index (χ0) is 14.7. The number of halogens is 1. The second-order valence-corrected chi connectivity index (χ2v) is 4.76. The maximum Gasteiger partial charge on any atom is 0.123 e. The Hall–Kier alpha value is -2.65. The van der Waals surface area contributed by atoms with Gasteiger partial charge in [0.1, 0.15) is 5.82 Å². The predicted octanol–water partition coefficient (Wildman–Crippen LogP) is 4.50. The molecule has 0 unspecified atom stereocenters. The molecule has 0 heterocycles. The van der Waals surface area contributed by atoms with Crippen LogP contribution in [0.5, 0.6) is 0 Å². The van der Waals surface area contributed by atoms with Crippen molar-refractivity contribution >= 4 is 11.4 Å². The highest BCUT2D eigenvalue weighted by atomic mass is 19.1. The van der Waals surface area contributed by atoms with Crippen LogP contribution in [-0.2, 0) is 0 Å². The van der Waals surface area contributed by atoms with E-state index in [0.717, 1.165) is 22.5 Å². The van der Waals surface area contributed by atoms with Gasteiger partial charge in [-0.15, -0.1) is 0 Å². The molecule has 0 aliphatic rings. The van der Waals surface area contributed by atoms with E-state index in [2.05, 4.69) is 12.1 Å². The van der Waals surface area contributed by atoms with Crippen LogP contribution in [0.25, 0.3) is 11.1 Å². The van der Waals surface area contributed by atoms with E-state index in [4.69, 9.17) is 5.84 Å². The maximum absolute atomic E-state index is 12.9. The number of hydrazine groups is 1. The van der Waals surface area contributed by atoms with E-state index in [0.29, 0.717) is 0 Å². The van der Waals surface area contributed by atoms with E-state index in [9.17, 15) is 4.39 Å². The van der Waals surface area contributed by atoms with E-state index in [1.54, 1.807) is 12.1 Å². The topological polar surface area (TPSA) is 29.3 Å². The number of nitrogens with two attached hydrogens (primary N) is 1. The van der Waals surface area contributed by atoms with Gasteiger partial charge in [0.15, 0.2) is 0 Å². The first kappa shape index (κ1) is 13.3. The second kappa shape index (κ2) is 5.77. The van der Waals surface area contributed by atoms with Crippen molar-refractivity contribution in [3.63, 3.8) is 0 Å². The molecule has 0 aliphatic carbocycles. The van der Waals surface area contributed by atoms with E-state index in [1.165, 1.54) is 17.1 Å². The molecule has 3 aromatic rings. The summed E-state index contributed by atoms with van der Waals surface area (Å²) in [5, 5.41) is 1.54. The van der Waals surface area contributed by atoms with Gasteiger partial charge in [-0.2, -0.15) is 0 Å². The first-order chi connectivity index (χ1) is 10.2. The molecule has 21 heavy (non-hydrogen) atoms. The molecular formula is C18H15FN2. The van der Waals surface area contributed by atoms with Crippen LogP contribution in [-0.4, -0.2) is 0 Å². The third-order valence-electron chi connectivity index (χ3n) is 3.36. The fraction of sp³-hybridized carbons (Fsp3) is 0. The average molecular weight is 278 g/mol. The summed E-state index contributed by atoms with van der Waals surface area (Å²) in [4.78, 5) is 0. The average Bonchev–Trinajstić information content (AvgIpc) is 2.56. The Labute approximate surface area is 123 Å². The Morgan fingerprint density at radius 3 is 1.67 bits per heavy atom. The van der Waals surface area contributed by atoms with Gasteiger partial charge in [0.25, 0.3) is 0 Å². The monoisotopic (exact) mass is 278 g/mol. The minimum absolute atomic E-state index is 0.272. The van der Waals surface area contributed by atoms with E-state index in [-0.39, 0.29) is 5.82 Å². The lowest BCUT2D eigenvalue weighted by Crippen LogP contribution is -2.24. The van der Waals surface area contributed by atoms with Crippen LogP contribution in [0.2, 0.25) is 0 Å². The maximum atomic E-state index is 12.9. The number of nitrogens with zero attached hydrogens (tertiary/aromatic N) is 1. The van der Waals surface area contributed by atoms with Gasteiger partial charge in [0.2, 0.25) is 0 Å². The molecule has 3 rings (SSSR count). The third-order valence-corrected chi connectivity index (χ3v) is 3.36. The highest BCUT2D eigenvalue weighted by molar-refractivity contribution is 5.69. The van der Waals surface area contributed by atoms with Crippen LogP contribution in [0, 0.1) is 5.82 Å². The molecule has 0 saturated heterocycles. The lowest BCUT2D eigenvalue weighted by atomic mass is 10.1. The van der Waals surface area contributed by atoms with Crippen LogP contribution in [0.15, 0.2) is 78.9 Å². The zero-order valence-corrected chi connectivity index (χ0v) is 11.4. The van der Waals surface area contributed by atoms with Crippen molar-refractivity contribution in [2.75, 3.05) is 5.01 Å². The molecule has 2 N–H and O–H groups in total. The fourth-order valence-electron chi connectivity index (χ4n) is 2.20. The summed E-state index contributed by atoms with van der Waals surface area (Å²) in [6.07, 6.45) is 0. The molecule has 0 fully saturated rings. The van der Waals surface area contributed by atoms with E-state index >= 15 is 0 Å². The van der Waals surface area contributed by atoms with Crippen molar-refractivity contribution in [2.45, 2.75) is 0 Å². The number of rotatable bonds is 3. The number of anilines is 2. The number of hydrogen-bond acceptors (Lipinski definition) is 2. The number of benzene rings is 3. The van der Waals surface area contributed by atoms with Gasteiger partial charge in [-0.25, -0.2) is 10.2 Å².